The van der Waals surface area contributed by atoms with Crippen molar-refractivity contribution in [2.75, 3.05) is 7.11 Å². The quantitative estimate of drug-likeness (QED) is 0.604. The highest BCUT2D eigenvalue weighted by Crippen LogP contribution is 2.34. The molecular formula is C16H11Cl2NOS. The maximum absolute atomic E-state index is 6.22. The fourth-order valence-electron chi connectivity index (χ4n) is 1.96. The lowest BCUT2D eigenvalue weighted by molar-refractivity contribution is 0.415. The Morgan fingerprint density at radius 2 is 1.81 bits per heavy atom. The highest BCUT2D eigenvalue weighted by Gasteiger charge is 2.10. The Balaban J connectivity index is 1.95. The number of nitrogens with zero attached hydrogens (tertiary/aromatic N) is 1. The molecular weight excluding hydrogens is 325 g/mol. The number of benzene rings is 2. The van der Waals surface area contributed by atoms with Gasteiger partial charge in [0.05, 0.1) is 17.8 Å². The molecule has 0 unspecified atom stereocenters. The van der Waals surface area contributed by atoms with Gasteiger partial charge in [-0.2, -0.15) is 0 Å². The van der Waals surface area contributed by atoms with Gasteiger partial charge in [-0.3, -0.25) is 0 Å². The van der Waals surface area contributed by atoms with Crippen LogP contribution in [0.25, 0.3) is 21.8 Å². The molecule has 0 atom stereocenters. The molecule has 0 aliphatic heterocycles. The molecule has 106 valence electrons. The van der Waals surface area contributed by atoms with E-state index in [0.29, 0.717) is 10.0 Å². The third-order valence-corrected chi connectivity index (χ3v) is 4.49. The van der Waals surface area contributed by atoms with Crippen LogP contribution in [0.3, 0.4) is 0 Å². The Labute approximate surface area is 136 Å². The number of rotatable bonds is 3. The lowest BCUT2D eigenvalue weighted by atomic mass is 10.2. The van der Waals surface area contributed by atoms with E-state index in [1.807, 2.05) is 41.8 Å². The average molecular weight is 336 g/mol. The van der Waals surface area contributed by atoms with Crippen LogP contribution in [0.4, 0.5) is 0 Å². The molecule has 0 aliphatic carbocycles. The van der Waals surface area contributed by atoms with Crippen LogP contribution in [0.2, 0.25) is 10.0 Å². The van der Waals surface area contributed by atoms with Gasteiger partial charge in [-0.25, -0.2) is 4.98 Å². The third kappa shape index (κ3) is 3.05. The van der Waals surface area contributed by atoms with Crippen LogP contribution in [0, 0.1) is 0 Å². The Morgan fingerprint density at radius 1 is 1.05 bits per heavy atom. The molecule has 0 saturated heterocycles. The predicted molar refractivity (Wildman–Crippen MR) is 89.6 cm³/mol. The van der Waals surface area contributed by atoms with Gasteiger partial charge in [0.2, 0.25) is 0 Å². The van der Waals surface area contributed by atoms with Crippen LogP contribution in [-0.4, -0.2) is 12.1 Å². The van der Waals surface area contributed by atoms with E-state index in [-0.39, 0.29) is 0 Å². The van der Waals surface area contributed by atoms with Crippen molar-refractivity contribution in [3.8, 4) is 27.6 Å². The molecule has 0 N–H and O–H groups in total. The summed E-state index contributed by atoms with van der Waals surface area (Å²) in [4.78, 5) is 4.65. The first-order valence-corrected chi connectivity index (χ1v) is 7.86. The third-order valence-electron chi connectivity index (χ3n) is 3.05. The zero-order valence-electron chi connectivity index (χ0n) is 11.1. The summed E-state index contributed by atoms with van der Waals surface area (Å²) in [5, 5.41) is 4.16. The Bertz CT molecular complexity index is 768. The average Bonchev–Trinajstić information content (AvgIpc) is 2.97. The molecule has 1 aromatic heterocycles. The minimum atomic E-state index is 0.606. The van der Waals surface area contributed by atoms with E-state index in [9.17, 15) is 0 Å². The van der Waals surface area contributed by atoms with E-state index < -0.39 is 0 Å². The Hall–Kier alpha value is -1.55. The van der Waals surface area contributed by atoms with Gasteiger partial charge < -0.3 is 4.74 Å². The second kappa shape index (κ2) is 6.06. The molecule has 0 fully saturated rings. The number of halogens is 2. The first-order chi connectivity index (χ1) is 10.2. The SMILES string of the molecule is COc1ccc(-c2nc(-c3ccc(Cl)cc3Cl)cs2)cc1. The second-order valence-electron chi connectivity index (χ2n) is 4.39. The molecule has 0 aliphatic rings. The Kier molecular flexibility index (Phi) is 4.15. The van der Waals surface area contributed by atoms with E-state index in [4.69, 9.17) is 27.9 Å². The standard InChI is InChI=1S/C16H11Cl2NOS/c1-20-12-5-2-10(3-6-12)16-19-15(9-21-16)13-7-4-11(17)8-14(13)18/h2-9H,1H3. The lowest BCUT2D eigenvalue weighted by Crippen LogP contribution is -1.83. The van der Waals surface area contributed by atoms with Gasteiger partial charge in [0.25, 0.3) is 0 Å². The van der Waals surface area contributed by atoms with E-state index in [0.717, 1.165) is 27.6 Å². The number of methoxy groups -OCH3 is 1. The van der Waals surface area contributed by atoms with E-state index in [1.54, 1.807) is 24.5 Å². The smallest absolute Gasteiger partial charge is 0.124 e. The molecule has 0 radical (unpaired) electrons. The number of hydrogen-bond acceptors (Lipinski definition) is 3. The lowest BCUT2D eigenvalue weighted by Gasteiger charge is -2.02. The fourth-order valence-corrected chi connectivity index (χ4v) is 3.29. The molecule has 5 heteroatoms. The summed E-state index contributed by atoms with van der Waals surface area (Å²) in [5.74, 6) is 0.830. The molecule has 3 rings (SSSR count). The van der Waals surface area contributed by atoms with Crippen LogP contribution in [0.15, 0.2) is 47.8 Å². The second-order valence-corrected chi connectivity index (χ2v) is 6.09. The van der Waals surface area contributed by atoms with E-state index in [2.05, 4.69) is 4.98 Å². The van der Waals surface area contributed by atoms with Crippen LogP contribution in [0.1, 0.15) is 0 Å². The molecule has 0 spiro atoms. The number of thiazole rings is 1. The fraction of sp³-hybridized carbons (Fsp3) is 0.0625. The predicted octanol–water partition coefficient (Wildman–Crippen LogP) is 5.79. The molecule has 0 amide bonds. The molecule has 0 saturated carbocycles. The van der Waals surface area contributed by atoms with Crippen LogP contribution >= 0.6 is 34.5 Å². The zero-order valence-corrected chi connectivity index (χ0v) is 13.5. The van der Waals surface area contributed by atoms with Crippen molar-refractivity contribution in [2.45, 2.75) is 0 Å². The van der Waals surface area contributed by atoms with Crippen molar-refractivity contribution in [3.05, 3.63) is 57.9 Å². The Morgan fingerprint density at radius 3 is 2.48 bits per heavy atom. The van der Waals surface area contributed by atoms with E-state index in [1.165, 1.54) is 0 Å². The molecule has 2 aromatic carbocycles. The van der Waals surface area contributed by atoms with Gasteiger partial charge in [-0.15, -0.1) is 11.3 Å². The normalized spacial score (nSPS) is 10.6. The van der Waals surface area contributed by atoms with Gasteiger partial charge in [0, 0.05) is 21.5 Å². The van der Waals surface area contributed by atoms with Gasteiger partial charge in [0.1, 0.15) is 10.8 Å². The van der Waals surface area contributed by atoms with Crippen molar-refractivity contribution in [2.24, 2.45) is 0 Å². The first-order valence-electron chi connectivity index (χ1n) is 6.23. The van der Waals surface area contributed by atoms with Crippen LogP contribution in [0.5, 0.6) is 5.75 Å². The number of ether oxygens (including phenoxy) is 1. The van der Waals surface area contributed by atoms with Crippen molar-refractivity contribution >= 4 is 34.5 Å². The van der Waals surface area contributed by atoms with E-state index >= 15 is 0 Å². The minimum Gasteiger partial charge on any atom is -0.497 e. The van der Waals surface area contributed by atoms with Crippen molar-refractivity contribution in [3.63, 3.8) is 0 Å². The molecule has 0 bridgehead atoms. The molecule has 2 nitrogen and oxygen atoms in total. The highest BCUT2D eigenvalue weighted by atomic mass is 35.5. The van der Waals surface area contributed by atoms with Crippen molar-refractivity contribution < 1.29 is 4.74 Å². The highest BCUT2D eigenvalue weighted by molar-refractivity contribution is 7.13. The largest absolute Gasteiger partial charge is 0.497 e. The summed E-state index contributed by atoms with van der Waals surface area (Å²) in [6.45, 7) is 0. The summed E-state index contributed by atoms with van der Waals surface area (Å²) in [7, 11) is 1.65. The minimum absolute atomic E-state index is 0.606. The summed E-state index contributed by atoms with van der Waals surface area (Å²) < 4.78 is 5.16. The maximum Gasteiger partial charge on any atom is 0.124 e. The number of hydrogen-bond donors (Lipinski definition) is 0. The summed E-state index contributed by atoms with van der Waals surface area (Å²) in [5.41, 5.74) is 2.79. The summed E-state index contributed by atoms with van der Waals surface area (Å²) in [6, 6.07) is 13.3. The van der Waals surface area contributed by atoms with Crippen LogP contribution in [-0.2, 0) is 0 Å². The van der Waals surface area contributed by atoms with Gasteiger partial charge >= 0.3 is 0 Å². The molecule has 3 aromatic rings. The summed E-state index contributed by atoms with van der Waals surface area (Å²) >= 11 is 13.7. The van der Waals surface area contributed by atoms with Crippen molar-refractivity contribution in [1.29, 1.82) is 0 Å². The molecule has 1 heterocycles. The topological polar surface area (TPSA) is 22.1 Å². The maximum atomic E-state index is 6.22. The summed E-state index contributed by atoms with van der Waals surface area (Å²) in [6.07, 6.45) is 0. The van der Waals surface area contributed by atoms with Gasteiger partial charge in [-0.1, -0.05) is 23.2 Å². The zero-order chi connectivity index (χ0) is 14.8. The monoisotopic (exact) mass is 335 g/mol. The van der Waals surface area contributed by atoms with Gasteiger partial charge in [-0.05, 0) is 42.5 Å². The first kappa shape index (κ1) is 14.4. The molecule has 21 heavy (non-hydrogen) atoms. The van der Waals surface area contributed by atoms with Crippen molar-refractivity contribution in [1.82, 2.24) is 4.98 Å². The van der Waals surface area contributed by atoms with Crippen LogP contribution < -0.4 is 4.74 Å². The van der Waals surface area contributed by atoms with Gasteiger partial charge in [0.15, 0.2) is 0 Å². The number of aromatic nitrogens is 1.